The molecule has 1 aromatic heterocycles. The number of aromatic nitrogens is 1. The van der Waals surface area contributed by atoms with Gasteiger partial charge in [0.2, 0.25) is 0 Å². The summed E-state index contributed by atoms with van der Waals surface area (Å²) in [4.78, 5) is 0. The molecule has 1 heterocycles. The lowest BCUT2D eigenvalue weighted by Crippen LogP contribution is -1.95. The van der Waals surface area contributed by atoms with E-state index >= 15 is 0 Å². The third kappa shape index (κ3) is 2.88. The first-order valence-electron chi connectivity index (χ1n) is 6.52. The number of hydrogen-bond acceptors (Lipinski definition) is 3. The minimum atomic E-state index is 0.487. The third-order valence-corrected chi connectivity index (χ3v) is 3.05. The van der Waals surface area contributed by atoms with Crippen molar-refractivity contribution in [3.05, 3.63) is 72.0 Å². The van der Waals surface area contributed by atoms with Gasteiger partial charge in [0.1, 0.15) is 12.4 Å². The lowest BCUT2D eigenvalue weighted by Gasteiger charge is -2.05. The molecule has 0 saturated heterocycles. The summed E-state index contributed by atoms with van der Waals surface area (Å²) in [7, 11) is 0. The Morgan fingerprint density at radius 1 is 0.950 bits per heavy atom. The molecule has 3 nitrogen and oxygen atoms in total. The van der Waals surface area contributed by atoms with Gasteiger partial charge < -0.3 is 9.26 Å². The Morgan fingerprint density at radius 2 is 1.65 bits per heavy atom. The van der Waals surface area contributed by atoms with E-state index in [0.717, 1.165) is 11.3 Å². The van der Waals surface area contributed by atoms with Crippen molar-refractivity contribution in [3.63, 3.8) is 0 Å². The van der Waals surface area contributed by atoms with Gasteiger partial charge in [0, 0.05) is 6.07 Å². The van der Waals surface area contributed by atoms with Gasteiger partial charge in [-0.25, -0.2) is 0 Å². The van der Waals surface area contributed by atoms with Gasteiger partial charge in [0.15, 0.2) is 0 Å². The van der Waals surface area contributed by atoms with Gasteiger partial charge in [-0.2, -0.15) is 0 Å². The Balaban J connectivity index is 1.67. The molecule has 0 spiro atoms. The van der Waals surface area contributed by atoms with Crippen molar-refractivity contribution in [1.29, 1.82) is 0 Å². The Kier molecular flexibility index (Phi) is 3.50. The fourth-order valence-corrected chi connectivity index (χ4v) is 1.99. The molecule has 0 aliphatic heterocycles. The molecule has 0 aliphatic rings. The summed E-state index contributed by atoms with van der Waals surface area (Å²) < 4.78 is 10.5. The second-order valence-corrected chi connectivity index (χ2v) is 4.63. The minimum Gasteiger partial charge on any atom is -0.471 e. The zero-order chi connectivity index (χ0) is 13.8. The van der Waals surface area contributed by atoms with Crippen LogP contribution in [0.4, 0.5) is 0 Å². The molecule has 0 N–H and O–H groups in total. The molecular weight excluding hydrogens is 250 g/mol. The largest absolute Gasteiger partial charge is 0.471 e. The molecule has 100 valence electrons. The fourth-order valence-electron chi connectivity index (χ4n) is 1.99. The standard InChI is InChI=1S/C17H15NO2/c1-13-11-17(18-20-13)19-12-14-7-9-16(10-8-14)15-5-3-2-4-6-15/h2-11H,12H2,1H3. The van der Waals surface area contributed by atoms with Crippen LogP contribution in [0.2, 0.25) is 0 Å². The van der Waals surface area contributed by atoms with Crippen LogP contribution in [0.5, 0.6) is 5.88 Å². The SMILES string of the molecule is Cc1cc(OCc2ccc(-c3ccccc3)cc2)no1. The van der Waals surface area contributed by atoms with Crippen LogP contribution in [-0.4, -0.2) is 5.16 Å². The highest BCUT2D eigenvalue weighted by Gasteiger charge is 2.02. The predicted molar refractivity (Wildman–Crippen MR) is 77.5 cm³/mol. The van der Waals surface area contributed by atoms with E-state index in [1.807, 2.05) is 25.1 Å². The number of nitrogens with zero attached hydrogens (tertiary/aromatic N) is 1. The van der Waals surface area contributed by atoms with E-state index < -0.39 is 0 Å². The number of benzene rings is 2. The first-order chi connectivity index (χ1) is 9.81. The molecule has 0 atom stereocenters. The van der Waals surface area contributed by atoms with Crippen LogP contribution >= 0.6 is 0 Å². The van der Waals surface area contributed by atoms with Crippen molar-refractivity contribution in [2.75, 3.05) is 0 Å². The van der Waals surface area contributed by atoms with Crippen LogP contribution in [0, 0.1) is 6.92 Å². The molecule has 0 fully saturated rings. The summed E-state index contributed by atoms with van der Waals surface area (Å²) in [5.41, 5.74) is 3.52. The molecule has 0 amide bonds. The average Bonchev–Trinajstić information content (AvgIpc) is 2.92. The second-order valence-electron chi connectivity index (χ2n) is 4.63. The normalized spacial score (nSPS) is 10.4. The summed E-state index contributed by atoms with van der Waals surface area (Å²) in [6, 6.07) is 20.4. The van der Waals surface area contributed by atoms with Gasteiger partial charge in [0.25, 0.3) is 5.88 Å². The van der Waals surface area contributed by atoms with Gasteiger partial charge in [-0.1, -0.05) is 54.6 Å². The highest BCUT2D eigenvalue weighted by atomic mass is 16.5. The maximum absolute atomic E-state index is 5.55. The van der Waals surface area contributed by atoms with E-state index in [2.05, 4.69) is 41.6 Å². The topological polar surface area (TPSA) is 35.3 Å². The third-order valence-electron chi connectivity index (χ3n) is 3.05. The maximum Gasteiger partial charge on any atom is 0.254 e. The number of hydrogen-bond donors (Lipinski definition) is 0. The molecule has 0 radical (unpaired) electrons. The molecule has 3 aromatic rings. The molecular formula is C17H15NO2. The highest BCUT2D eigenvalue weighted by molar-refractivity contribution is 5.63. The minimum absolute atomic E-state index is 0.487. The number of rotatable bonds is 4. The van der Waals surface area contributed by atoms with Crippen molar-refractivity contribution in [2.45, 2.75) is 13.5 Å². The van der Waals surface area contributed by atoms with Crippen molar-refractivity contribution in [1.82, 2.24) is 5.16 Å². The van der Waals surface area contributed by atoms with Crippen LogP contribution in [0.1, 0.15) is 11.3 Å². The van der Waals surface area contributed by atoms with E-state index in [9.17, 15) is 0 Å². The zero-order valence-corrected chi connectivity index (χ0v) is 11.2. The highest BCUT2D eigenvalue weighted by Crippen LogP contribution is 2.20. The average molecular weight is 265 g/mol. The Morgan fingerprint density at radius 3 is 2.30 bits per heavy atom. The van der Waals surface area contributed by atoms with Gasteiger partial charge in [-0.05, 0) is 28.8 Å². The molecule has 3 rings (SSSR count). The fraction of sp³-hybridized carbons (Fsp3) is 0.118. The van der Waals surface area contributed by atoms with Crippen LogP contribution in [0.25, 0.3) is 11.1 Å². The Bertz CT molecular complexity index is 672. The van der Waals surface area contributed by atoms with E-state index in [4.69, 9.17) is 9.26 Å². The summed E-state index contributed by atoms with van der Waals surface area (Å²) in [6.45, 7) is 2.33. The van der Waals surface area contributed by atoms with Crippen molar-refractivity contribution in [3.8, 4) is 17.0 Å². The van der Waals surface area contributed by atoms with Crippen LogP contribution in [-0.2, 0) is 6.61 Å². The molecule has 0 unspecified atom stereocenters. The van der Waals surface area contributed by atoms with Crippen LogP contribution in [0.3, 0.4) is 0 Å². The van der Waals surface area contributed by atoms with Gasteiger partial charge in [-0.15, -0.1) is 0 Å². The quantitative estimate of drug-likeness (QED) is 0.708. The Labute approximate surface area is 117 Å². The number of aryl methyl sites for hydroxylation is 1. The molecule has 0 saturated carbocycles. The summed E-state index contributed by atoms with van der Waals surface area (Å²) in [5, 5.41) is 3.80. The molecule has 0 aliphatic carbocycles. The van der Waals surface area contributed by atoms with Crippen molar-refractivity contribution in [2.24, 2.45) is 0 Å². The summed E-state index contributed by atoms with van der Waals surface area (Å²) in [5.74, 6) is 1.27. The molecule has 20 heavy (non-hydrogen) atoms. The van der Waals surface area contributed by atoms with Gasteiger partial charge in [-0.3, -0.25) is 0 Å². The zero-order valence-electron chi connectivity index (χ0n) is 11.2. The molecule has 2 aromatic carbocycles. The summed E-state index contributed by atoms with van der Waals surface area (Å²) in [6.07, 6.45) is 0. The first kappa shape index (κ1) is 12.5. The van der Waals surface area contributed by atoms with E-state index in [1.165, 1.54) is 11.1 Å². The molecule has 0 bridgehead atoms. The predicted octanol–water partition coefficient (Wildman–Crippen LogP) is 4.23. The Hall–Kier alpha value is -2.55. The van der Waals surface area contributed by atoms with Crippen LogP contribution < -0.4 is 4.74 Å². The first-order valence-corrected chi connectivity index (χ1v) is 6.52. The molecule has 3 heteroatoms. The number of ether oxygens (including phenoxy) is 1. The van der Waals surface area contributed by atoms with Crippen molar-refractivity contribution >= 4 is 0 Å². The monoisotopic (exact) mass is 265 g/mol. The smallest absolute Gasteiger partial charge is 0.254 e. The van der Waals surface area contributed by atoms with E-state index in [-0.39, 0.29) is 0 Å². The van der Waals surface area contributed by atoms with Crippen molar-refractivity contribution < 1.29 is 9.26 Å². The maximum atomic E-state index is 5.55. The van der Waals surface area contributed by atoms with E-state index in [0.29, 0.717) is 12.5 Å². The second kappa shape index (κ2) is 5.61. The summed E-state index contributed by atoms with van der Waals surface area (Å²) >= 11 is 0. The van der Waals surface area contributed by atoms with Crippen LogP contribution in [0.15, 0.2) is 65.2 Å². The lowest BCUT2D eigenvalue weighted by atomic mass is 10.0. The van der Waals surface area contributed by atoms with E-state index in [1.54, 1.807) is 6.07 Å². The van der Waals surface area contributed by atoms with Gasteiger partial charge >= 0.3 is 0 Å². The van der Waals surface area contributed by atoms with Gasteiger partial charge in [0.05, 0.1) is 0 Å². The lowest BCUT2D eigenvalue weighted by molar-refractivity contribution is 0.267.